The summed E-state index contributed by atoms with van der Waals surface area (Å²) in [5.74, 6) is -0.456. The third-order valence-electron chi connectivity index (χ3n) is 5.71. The summed E-state index contributed by atoms with van der Waals surface area (Å²) in [4.78, 5) is 27.8. The Morgan fingerprint density at radius 1 is 1.06 bits per heavy atom. The Hall–Kier alpha value is -2.29. The molecule has 1 N–H and O–H groups in total. The molecule has 36 heavy (non-hydrogen) atoms. The van der Waals surface area contributed by atoms with Crippen molar-refractivity contribution >= 4 is 50.7 Å². The predicted molar refractivity (Wildman–Crippen MR) is 147 cm³/mol. The largest absolute Gasteiger partial charge is 0.354 e. The third kappa shape index (κ3) is 8.68. The fourth-order valence-corrected chi connectivity index (χ4v) is 5.19. The van der Waals surface area contributed by atoms with Crippen molar-refractivity contribution in [1.82, 2.24) is 10.2 Å². The van der Waals surface area contributed by atoms with Crippen molar-refractivity contribution in [1.29, 1.82) is 0 Å². The van der Waals surface area contributed by atoms with Gasteiger partial charge in [-0.05, 0) is 61.6 Å². The van der Waals surface area contributed by atoms with Gasteiger partial charge >= 0.3 is 0 Å². The summed E-state index contributed by atoms with van der Waals surface area (Å²) >= 11 is 12.2. The van der Waals surface area contributed by atoms with Crippen LogP contribution in [0, 0.1) is 6.92 Å². The highest BCUT2D eigenvalue weighted by atomic mass is 35.5. The van der Waals surface area contributed by atoms with E-state index in [1.54, 1.807) is 41.3 Å². The lowest BCUT2D eigenvalue weighted by atomic mass is 10.1. The molecule has 198 valence electrons. The summed E-state index contributed by atoms with van der Waals surface area (Å²) in [7, 11) is -3.54. The van der Waals surface area contributed by atoms with Gasteiger partial charge in [0.2, 0.25) is 21.8 Å². The predicted octanol–water partition coefficient (Wildman–Crippen LogP) is 5.18. The van der Waals surface area contributed by atoms with Crippen LogP contribution < -0.4 is 9.62 Å². The molecule has 0 fully saturated rings. The number of amides is 2. The van der Waals surface area contributed by atoms with Gasteiger partial charge in [0.25, 0.3) is 0 Å². The monoisotopic (exact) mass is 555 g/mol. The minimum Gasteiger partial charge on any atom is -0.354 e. The van der Waals surface area contributed by atoms with E-state index in [9.17, 15) is 18.0 Å². The molecular weight excluding hydrogens is 521 g/mol. The molecule has 0 heterocycles. The van der Waals surface area contributed by atoms with Crippen molar-refractivity contribution in [2.45, 2.75) is 59.0 Å². The van der Waals surface area contributed by atoms with Gasteiger partial charge in [-0.3, -0.25) is 13.9 Å². The summed E-state index contributed by atoms with van der Waals surface area (Å²) in [6.07, 6.45) is 2.74. The number of aryl methyl sites for hydroxylation is 1. The van der Waals surface area contributed by atoms with Crippen molar-refractivity contribution in [3.8, 4) is 0 Å². The fourth-order valence-electron chi connectivity index (χ4n) is 3.91. The first-order valence-corrected chi connectivity index (χ1v) is 14.6. The standard InChI is InChI=1S/C26H35Cl2N3O4S/c1-5-14-29-26(33)24(6-2)30(18-20-12-13-22(27)23(28)17-20)25(32)11-8-15-31(36(4,34)35)21-10-7-9-19(3)16-21/h7,9-10,12-13,16-17,24H,5-6,8,11,14-15,18H2,1-4H3,(H,29,33)/t24-/m0/s1. The minimum absolute atomic E-state index is 0.0801. The molecule has 1 atom stereocenters. The van der Waals surface area contributed by atoms with E-state index in [1.165, 1.54) is 4.31 Å². The van der Waals surface area contributed by atoms with Crippen molar-refractivity contribution in [2.75, 3.05) is 23.7 Å². The first kappa shape index (κ1) is 29.9. The van der Waals surface area contributed by atoms with Crippen LogP contribution in [0.3, 0.4) is 0 Å². The summed E-state index contributed by atoms with van der Waals surface area (Å²) in [6.45, 7) is 6.55. The Kier molecular flexibility index (Phi) is 11.5. The van der Waals surface area contributed by atoms with Crippen LogP contribution in [0.4, 0.5) is 5.69 Å². The van der Waals surface area contributed by atoms with Crippen LogP contribution in [0.15, 0.2) is 42.5 Å². The first-order chi connectivity index (χ1) is 17.0. The van der Waals surface area contributed by atoms with Gasteiger partial charge in [-0.2, -0.15) is 0 Å². The molecule has 0 aromatic heterocycles. The second-order valence-corrected chi connectivity index (χ2v) is 11.5. The zero-order valence-corrected chi connectivity index (χ0v) is 23.6. The number of halogens is 2. The van der Waals surface area contributed by atoms with E-state index >= 15 is 0 Å². The number of carbonyl (C=O) groups excluding carboxylic acids is 2. The lowest BCUT2D eigenvalue weighted by Crippen LogP contribution is -2.49. The summed E-state index contributed by atoms with van der Waals surface area (Å²) in [5, 5.41) is 3.65. The Balaban J connectivity index is 2.23. The summed E-state index contributed by atoms with van der Waals surface area (Å²) < 4.78 is 26.2. The van der Waals surface area contributed by atoms with Gasteiger partial charge in [0.15, 0.2) is 0 Å². The number of benzene rings is 2. The molecule has 0 unspecified atom stereocenters. The summed E-state index contributed by atoms with van der Waals surface area (Å²) in [5.41, 5.74) is 2.24. The second kappa shape index (κ2) is 13.9. The quantitative estimate of drug-likeness (QED) is 0.368. The van der Waals surface area contributed by atoms with E-state index in [0.717, 1.165) is 23.8 Å². The number of hydrogen-bond acceptors (Lipinski definition) is 4. The zero-order valence-electron chi connectivity index (χ0n) is 21.3. The van der Waals surface area contributed by atoms with Gasteiger partial charge in [-0.1, -0.05) is 55.2 Å². The van der Waals surface area contributed by atoms with Crippen LogP contribution >= 0.6 is 23.2 Å². The maximum Gasteiger partial charge on any atom is 0.242 e. The third-order valence-corrected chi connectivity index (χ3v) is 7.65. The molecule has 0 aliphatic heterocycles. The molecule has 0 aliphatic carbocycles. The number of anilines is 1. The molecular formula is C26H35Cl2N3O4S. The average Bonchev–Trinajstić information content (AvgIpc) is 2.81. The number of carbonyl (C=O) groups is 2. The molecule has 0 aliphatic rings. The van der Waals surface area contributed by atoms with Crippen LogP contribution in [0.5, 0.6) is 0 Å². The van der Waals surface area contributed by atoms with Gasteiger partial charge in [0.1, 0.15) is 6.04 Å². The number of sulfonamides is 1. The van der Waals surface area contributed by atoms with Crippen LogP contribution in [-0.4, -0.2) is 50.5 Å². The van der Waals surface area contributed by atoms with E-state index in [0.29, 0.717) is 35.1 Å². The van der Waals surface area contributed by atoms with Gasteiger partial charge in [-0.15, -0.1) is 0 Å². The topological polar surface area (TPSA) is 86.8 Å². The Bertz CT molecular complexity index is 1160. The average molecular weight is 557 g/mol. The summed E-state index contributed by atoms with van der Waals surface area (Å²) in [6, 6.07) is 11.7. The van der Waals surface area contributed by atoms with Crippen LogP contribution in [-0.2, 0) is 26.2 Å². The van der Waals surface area contributed by atoms with E-state index < -0.39 is 16.1 Å². The molecule has 2 rings (SSSR count). The van der Waals surface area contributed by atoms with Crippen LogP contribution in [0.1, 0.15) is 50.7 Å². The highest BCUT2D eigenvalue weighted by molar-refractivity contribution is 7.92. The van der Waals surface area contributed by atoms with Crippen molar-refractivity contribution < 1.29 is 18.0 Å². The normalized spacial score (nSPS) is 12.2. The number of hydrogen-bond donors (Lipinski definition) is 1. The molecule has 0 radical (unpaired) electrons. The molecule has 0 saturated carbocycles. The Morgan fingerprint density at radius 2 is 1.78 bits per heavy atom. The molecule has 0 saturated heterocycles. The van der Waals surface area contributed by atoms with Gasteiger partial charge < -0.3 is 10.2 Å². The van der Waals surface area contributed by atoms with Crippen LogP contribution in [0.25, 0.3) is 0 Å². The van der Waals surface area contributed by atoms with Gasteiger partial charge in [-0.25, -0.2) is 8.42 Å². The molecule has 2 aromatic carbocycles. The maximum atomic E-state index is 13.4. The van der Waals surface area contributed by atoms with E-state index in [4.69, 9.17) is 23.2 Å². The second-order valence-electron chi connectivity index (χ2n) is 8.76. The van der Waals surface area contributed by atoms with E-state index in [2.05, 4.69) is 5.32 Å². The maximum absolute atomic E-state index is 13.4. The lowest BCUT2D eigenvalue weighted by Gasteiger charge is -2.31. The zero-order chi connectivity index (χ0) is 26.9. The Labute approximate surface area is 224 Å². The van der Waals surface area contributed by atoms with E-state index in [-0.39, 0.29) is 31.3 Å². The first-order valence-electron chi connectivity index (χ1n) is 12.0. The molecule has 10 heteroatoms. The molecule has 2 aromatic rings. The van der Waals surface area contributed by atoms with Crippen molar-refractivity contribution in [3.05, 3.63) is 63.6 Å². The number of rotatable bonds is 13. The van der Waals surface area contributed by atoms with Crippen molar-refractivity contribution in [2.24, 2.45) is 0 Å². The van der Waals surface area contributed by atoms with E-state index in [1.807, 2.05) is 26.8 Å². The van der Waals surface area contributed by atoms with Crippen molar-refractivity contribution in [3.63, 3.8) is 0 Å². The Morgan fingerprint density at radius 3 is 2.36 bits per heavy atom. The van der Waals surface area contributed by atoms with Gasteiger partial charge in [0, 0.05) is 26.1 Å². The molecule has 2 amide bonds. The highest BCUT2D eigenvalue weighted by Crippen LogP contribution is 2.25. The molecule has 0 spiro atoms. The fraction of sp³-hybridized carbons (Fsp3) is 0.462. The van der Waals surface area contributed by atoms with Crippen LogP contribution in [0.2, 0.25) is 10.0 Å². The SMILES string of the molecule is CCCNC(=O)[C@H](CC)N(Cc1ccc(Cl)c(Cl)c1)C(=O)CCCN(c1cccc(C)c1)S(C)(=O)=O. The smallest absolute Gasteiger partial charge is 0.242 e. The number of nitrogens with one attached hydrogen (secondary N) is 1. The highest BCUT2D eigenvalue weighted by Gasteiger charge is 2.29. The lowest BCUT2D eigenvalue weighted by molar-refractivity contribution is -0.141. The number of nitrogens with zero attached hydrogens (tertiary/aromatic N) is 2. The molecule has 0 bridgehead atoms. The molecule has 7 nitrogen and oxygen atoms in total. The van der Waals surface area contributed by atoms with Gasteiger partial charge in [0.05, 0.1) is 22.0 Å². The minimum atomic E-state index is -3.54.